The molecule has 1 aromatic heterocycles. The molecule has 1 N–H and O–H groups in total. The van der Waals surface area contributed by atoms with Gasteiger partial charge in [0, 0.05) is 23.1 Å². The fourth-order valence-electron chi connectivity index (χ4n) is 4.13. The van der Waals surface area contributed by atoms with Gasteiger partial charge >= 0.3 is 0 Å². The topological polar surface area (TPSA) is 53.2 Å². The number of pyridine rings is 1. The number of H-pyrrole nitrogens is 1. The number of aromatic nitrogens is 1. The van der Waals surface area contributed by atoms with Crippen LogP contribution < -0.4 is 10.3 Å². The van der Waals surface area contributed by atoms with Crippen molar-refractivity contribution in [3.8, 4) is 0 Å². The Balaban J connectivity index is 2.00. The highest BCUT2D eigenvalue weighted by molar-refractivity contribution is 6.06. The van der Waals surface area contributed by atoms with E-state index in [1.165, 1.54) is 0 Å². The lowest BCUT2D eigenvalue weighted by Crippen LogP contribution is -2.35. The van der Waals surface area contributed by atoms with E-state index in [1.54, 1.807) is 11.0 Å². The summed E-state index contributed by atoms with van der Waals surface area (Å²) in [4.78, 5) is 32.4. The molecule has 0 unspecified atom stereocenters. The quantitative estimate of drug-likeness (QED) is 0.317. The molecule has 0 fully saturated rings. The number of carbonyl (C=O) groups is 1. The van der Waals surface area contributed by atoms with E-state index >= 15 is 0 Å². The Labute approximate surface area is 197 Å². The Bertz CT molecular complexity index is 1060. The molecule has 0 atom stereocenters. The molecule has 0 saturated heterocycles. The van der Waals surface area contributed by atoms with Crippen molar-refractivity contribution < 1.29 is 4.79 Å². The summed E-state index contributed by atoms with van der Waals surface area (Å²) in [7, 11) is 0. The van der Waals surface area contributed by atoms with Crippen molar-refractivity contribution in [3.63, 3.8) is 0 Å². The Morgan fingerprint density at radius 1 is 0.818 bits per heavy atom. The molecule has 0 radical (unpaired) electrons. The number of unbranched alkanes of at least 4 members (excludes halogenated alkanes) is 4. The summed E-state index contributed by atoms with van der Waals surface area (Å²) in [6.45, 7) is 4.74. The van der Waals surface area contributed by atoms with Gasteiger partial charge in [-0.2, -0.15) is 0 Å². The summed E-state index contributed by atoms with van der Waals surface area (Å²) in [5, 5.41) is 0. The zero-order chi connectivity index (χ0) is 23.5. The summed E-state index contributed by atoms with van der Waals surface area (Å²) < 4.78 is 0. The van der Waals surface area contributed by atoms with Crippen molar-refractivity contribution >= 4 is 11.6 Å². The van der Waals surface area contributed by atoms with E-state index in [2.05, 4.69) is 18.8 Å². The van der Waals surface area contributed by atoms with E-state index in [9.17, 15) is 9.59 Å². The molecule has 1 heterocycles. The van der Waals surface area contributed by atoms with Gasteiger partial charge < -0.3 is 9.88 Å². The van der Waals surface area contributed by atoms with Gasteiger partial charge in [-0.1, -0.05) is 88.1 Å². The summed E-state index contributed by atoms with van der Waals surface area (Å²) in [6, 6.07) is 21.2. The van der Waals surface area contributed by atoms with Gasteiger partial charge in [-0.15, -0.1) is 0 Å². The maximum atomic E-state index is 13.9. The Hall–Kier alpha value is -3.14. The van der Waals surface area contributed by atoms with Crippen molar-refractivity contribution in [2.24, 2.45) is 0 Å². The third-order valence-corrected chi connectivity index (χ3v) is 5.96. The van der Waals surface area contributed by atoms with Gasteiger partial charge in [0.1, 0.15) is 5.56 Å². The monoisotopic (exact) mass is 444 g/mol. The number of benzene rings is 2. The number of nitrogens with zero attached hydrogens (tertiary/aromatic N) is 1. The van der Waals surface area contributed by atoms with Gasteiger partial charge in [-0.3, -0.25) is 9.59 Å². The lowest BCUT2D eigenvalue weighted by Gasteiger charge is -2.24. The van der Waals surface area contributed by atoms with Crippen LogP contribution in [0.5, 0.6) is 0 Å². The molecule has 4 nitrogen and oxygen atoms in total. The molecule has 1 amide bonds. The maximum absolute atomic E-state index is 13.9. The lowest BCUT2D eigenvalue weighted by atomic mass is 10.0. The second-order valence-electron chi connectivity index (χ2n) is 8.64. The average Bonchev–Trinajstić information content (AvgIpc) is 2.83. The maximum Gasteiger partial charge on any atom is 0.264 e. The zero-order valence-electron chi connectivity index (χ0n) is 20.0. The fourth-order valence-corrected chi connectivity index (χ4v) is 4.13. The summed E-state index contributed by atoms with van der Waals surface area (Å²) >= 11 is 0. The first kappa shape index (κ1) is 24.5. The second kappa shape index (κ2) is 12.8. The number of carbonyl (C=O) groups excluding carboxylic acids is 1. The fraction of sp³-hybridized carbons (Fsp3) is 0.379. The Morgan fingerprint density at radius 2 is 1.42 bits per heavy atom. The summed E-state index contributed by atoms with van der Waals surface area (Å²) in [6.07, 6.45) is 7.97. The van der Waals surface area contributed by atoms with E-state index in [1.807, 2.05) is 60.7 Å². The van der Waals surface area contributed by atoms with Crippen LogP contribution in [0, 0.1) is 0 Å². The molecule has 0 aliphatic heterocycles. The van der Waals surface area contributed by atoms with Gasteiger partial charge in [-0.05, 0) is 43.4 Å². The molecular formula is C29H36N2O2. The van der Waals surface area contributed by atoms with E-state index < -0.39 is 0 Å². The number of aryl methyl sites for hydroxylation is 2. The Kier molecular flexibility index (Phi) is 9.49. The lowest BCUT2D eigenvalue weighted by molar-refractivity contribution is 0.0982. The van der Waals surface area contributed by atoms with Crippen LogP contribution in [0.2, 0.25) is 0 Å². The molecule has 4 heteroatoms. The molecule has 0 saturated carbocycles. The largest absolute Gasteiger partial charge is 0.361 e. The highest BCUT2D eigenvalue weighted by atomic mass is 16.2. The summed E-state index contributed by atoms with van der Waals surface area (Å²) in [5.74, 6) is -0.238. The first-order chi connectivity index (χ1) is 16.1. The van der Waals surface area contributed by atoms with Crippen molar-refractivity contribution in [3.05, 3.63) is 99.5 Å². The summed E-state index contributed by atoms with van der Waals surface area (Å²) in [5.41, 5.74) is 3.63. The van der Waals surface area contributed by atoms with E-state index in [0.717, 1.165) is 67.6 Å². The van der Waals surface area contributed by atoms with Crippen LogP contribution in [0.15, 0.2) is 71.5 Å². The minimum Gasteiger partial charge on any atom is -0.361 e. The molecule has 0 aliphatic carbocycles. The first-order valence-electron chi connectivity index (χ1n) is 12.3. The number of hydrogen-bond acceptors (Lipinski definition) is 2. The Morgan fingerprint density at radius 3 is 2.06 bits per heavy atom. The number of para-hydroxylation sites is 1. The van der Waals surface area contributed by atoms with Crippen molar-refractivity contribution in [2.45, 2.75) is 71.8 Å². The normalized spacial score (nSPS) is 10.8. The van der Waals surface area contributed by atoms with Crippen LogP contribution in [0.1, 0.15) is 79.7 Å². The van der Waals surface area contributed by atoms with E-state index in [-0.39, 0.29) is 16.9 Å². The molecule has 33 heavy (non-hydrogen) atoms. The van der Waals surface area contributed by atoms with E-state index in [0.29, 0.717) is 13.0 Å². The zero-order valence-corrected chi connectivity index (χ0v) is 20.0. The number of hydrogen-bond donors (Lipinski definition) is 1. The number of rotatable bonds is 12. The van der Waals surface area contributed by atoms with Gasteiger partial charge in [0.25, 0.3) is 5.91 Å². The second-order valence-corrected chi connectivity index (χ2v) is 8.64. The van der Waals surface area contributed by atoms with Crippen LogP contribution in [0.25, 0.3) is 0 Å². The van der Waals surface area contributed by atoms with Crippen LogP contribution in [0.4, 0.5) is 5.69 Å². The molecule has 3 rings (SSSR count). The molecule has 2 aromatic carbocycles. The third-order valence-electron chi connectivity index (χ3n) is 5.96. The highest BCUT2D eigenvalue weighted by Gasteiger charge is 2.24. The van der Waals surface area contributed by atoms with Crippen LogP contribution >= 0.6 is 0 Å². The van der Waals surface area contributed by atoms with E-state index in [4.69, 9.17) is 0 Å². The molecule has 0 aliphatic rings. The molecule has 174 valence electrons. The molecular weight excluding hydrogens is 408 g/mol. The third kappa shape index (κ3) is 6.92. The van der Waals surface area contributed by atoms with Gasteiger partial charge in [0.15, 0.2) is 5.43 Å². The van der Waals surface area contributed by atoms with Crippen molar-refractivity contribution in [1.29, 1.82) is 0 Å². The van der Waals surface area contributed by atoms with Gasteiger partial charge in [0.2, 0.25) is 0 Å². The highest BCUT2D eigenvalue weighted by Crippen LogP contribution is 2.21. The molecule has 3 aromatic rings. The first-order valence-corrected chi connectivity index (χ1v) is 12.3. The number of amides is 1. The molecule has 0 spiro atoms. The van der Waals surface area contributed by atoms with Crippen LogP contribution in [0.3, 0.4) is 0 Å². The van der Waals surface area contributed by atoms with Gasteiger partial charge in [-0.25, -0.2) is 0 Å². The van der Waals surface area contributed by atoms with Gasteiger partial charge in [0.05, 0.1) is 6.54 Å². The van der Waals surface area contributed by atoms with Crippen molar-refractivity contribution in [2.75, 3.05) is 4.90 Å². The minimum atomic E-state index is -0.238. The molecule has 0 bridgehead atoms. The number of nitrogens with one attached hydrogen (secondary N) is 1. The van der Waals surface area contributed by atoms with Crippen LogP contribution in [-0.2, 0) is 19.4 Å². The standard InChI is InChI=1S/C29H36N2O2/c1-3-5-9-17-24-21-27(32)28(26(30-24)20-10-6-4-2)29(33)31(25-18-13-8-14-19-25)22-23-15-11-7-12-16-23/h7-8,11-16,18-19,21H,3-6,9-10,17,20,22H2,1-2H3,(H,30,32). The smallest absolute Gasteiger partial charge is 0.264 e. The van der Waals surface area contributed by atoms with Crippen molar-refractivity contribution in [1.82, 2.24) is 4.98 Å². The number of aromatic amines is 1. The SMILES string of the molecule is CCCCCc1cc(=O)c(C(=O)N(Cc2ccccc2)c2ccccc2)c(CCCCC)[nH]1. The average molecular weight is 445 g/mol. The minimum absolute atomic E-state index is 0.175. The number of anilines is 1. The van der Waals surface area contributed by atoms with Crippen LogP contribution in [-0.4, -0.2) is 10.9 Å². The predicted molar refractivity (Wildman–Crippen MR) is 137 cm³/mol. The predicted octanol–water partition coefficient (Wildman–Crippen LogP) is 6.69.